The molecule has 1 aliphatic carbocycles. The van der Waals surface area contributed by atoms with E-state index in [1.807, 2.05) is 26.8 Å². The molecule has 11 heteroatoms. The van der Waals surface area contributed by atoms with Crippen molar-refractivity contribution in [2.24, 2.45) is 11.5 Å². The lowest BCUT2D eigenvalue weighted by Crippen LogP contribution is -2.53. The maximum Gasteiger partial charge on any atom is 0.262 e. The van der Waals surface area contributed by atoms with Gasteiger partial charge in [0.15, 0.2) is 5.78 Å². The van der Waals surface area contributed by atoms with Gasteiger partial charge in [0.2, 0.25) is 5.91 Å². The fourth-order valence-corrected chi connectivity index (χ4v) is 6.93. The minimum absolute atomic E-state index is 0.0210. The number of anilines is 1. The molecule has 1 aliphatic heterocycles. The van der Waals surface area contributed by atoms with Gasteiger partial charge in [-0.1, -0.05) is 18.7 Å². The van der Waals surface area contributed by atoms with E-state index < -0.39 is 35.4 Å². The lowest BCUT2D eigenvalue weighted by Gasteiger charge is -2.37. The Labute approximate surface area is 235 Å². The summed E-state index contributed by atoms with van der Waals surface area (Å²) in [6.07, 6.45) is 0.178. The van der Waals surface area contributed by atoms with Crippen molar-refractivity contribution in [3.8, 4) is 5.75 Å². The van der Waals surface area contributed by atoms with Crippen molar-refractivity contribution in [3.63, 3.8) is 0 Å². The molecule has 5 rings (SSSR count). The van der Waals surface area contributed by atoms with Gasteiger partial charge < -0.3 is 37.3 Å². The average Bonchev–Trinajstić information content (AvgIpc) is 3.48. The fourth-order valence-electron chi connectivity index (χ4n) is 5.72. The van der Waals surface area contributed by atoms with Crippen molar-refractivity contribution in [1.82, 2.24) is 10.2 Å². The molecule has 2 aliphatic rings. The summed E-state index contributed by atoms with van der Waals surface area (Å²) in [5.74, 6) is -0.649. The Hall–Kier alpha value is -3.77. The first-order valence-corrected chi connectivity index (χ1v) is 13.8. The predicted molar refractivity (Wildman–Crippen MR) is 154 cm³/mol. The molecule has 0 bridgehead atoms. The highest BCUT2D eigenvalue weighted by atomic mass is 32.1. The number of nitrogens with zero attached hydrogens (tertiary/aromatic N) is 1. The third kappa shape index (κ3) is 4.26. The Bertz CT molecular complexity index is 1570. The number of benzene rings is 2. The number of likely N-dealkylation sites (tertiary alicyclic amines) is 1. The zero-order valence-electron chi connectivity index (χ0n) is 22.6. The zero-order valence-corrected chi connectivity index (χ0v) is 23.4. The van der Waals surface area contributed by atoms with E-state index in [4.69, 9.17) is 21.9 Å². The van der Waals surface area contributed by atoms with Crippen molar-refractivity contribution in [2.45, 2.75) is 50.6 Å². The monoisotopic (exact) mass is 563 g/mol. The number of hydrogen-bond acceptors (Lipinski definition) is 9. The SMILES string of the molecule is C=CC(=O)N1C[C@@H](O)[C@@H](NC(=O)c2sc3c(N)ccc4c3c2C(N)C(=O)C4(N)c2ccc(OC(C)C)cc2C)C1. The molecule has 8 N–H and O–H groups in total. The first-order valence-electron chi connectivity index (χ1n) is 13.0. The van der Waals surface area contributed by atoms with Gasteiger partial charge in [-0.25, -0.2) is 0 Å². The number of ketones is 1. The number of ether oxygens (including phenoxy) is 1. The quantitative estimate of drug-likeness (QED) is 0.223. The summed E-state index contributed by atoms with van der Waals surface area (Å²) in [6, 6.07) is 6.89. The van der Waals surface area contributed by atoms with Crippen LogP contribution in [0.1, 0.15) is 51.8 Å². The predicted octanol–water partition coefficient (Wildman–Crippen LogP) is 1.85. The van der Waals surface area contributed by atoms with Crippen LogP contribution in [0.5, 0.6) is 5.75 Å². The van der Waals surface area contributed by atoms with Crippen molar-refractivity contribution < 1.29 is 24.2 Å². The number of nitrogen functional groups attached to an aromatic ring is 1. The first-order chi connectivity index (χ1) is 18.9. The second-order valence-electron chi connectivity index (χ2n) is 10.6. The highest BCUT2D eigenvalue weighted by Gasteiger charge is 2.49. The number of rotatable bonds is 6. The van der Waals surface area contributed by atoms with Crippen molar-refractivity contribution >= 4 is 44.7 Å². The van der Waals surface area contributed by atoms with Gasteiger partial charge in [-0.2, -0.15) is 0 Å². The summed E-state index contributed by atoms with van der Waals surface area (Å²) in [5, 5.41) is 13.9. The Morgan fingerprint density at radius 2 is 1.95 bits per heavy atom. The molecular formula is C29H33N5O5S. The molecule has 0 saturated carbocycles. The molecule has 1 aromatic heterocycles. The second kappa shape index (κ2) is 10.0. The highest BCUT2D eigenvalue weighted by Crippen LogP contribution is 2.50. The van der Waals surface area contributed by atoms with Crippen LogP contribution in [-0.4, -0.2) is 58.9 Å². The van der Waals surface area contributed by atoms with Crippen LogP contribution in [0.2, 0.25) is 0 Å². The summed E-state index contributed by atoms with van der Waals surface area (Å²) in [7, 11) is 0. The summed E-state index contributed by atoms with van der Waals surface area (Å²) in [6.45, 7) is 9.38. The van der Waals surface area contributed by atoms with Crippen molar-refractivity contribution in [1.29, 1.82) is 0 Å². The minimum atomic E-state index is -1.58. The summed E-state index contributed by atoms with van der Waals surface area (Å²) in [5.41, 5.74) is 21.0. The topological polar surface area (TPSA) is 174 Å². The Kier molecular flexibility index (Phi) is 6.95. The van der Waals surface area contributed by atoms with Crippen LogP contribution >= 0.6 is 11.3 Å². The zero-order chi connectivity index (χ0) is 29.1. The number of β-amino-alcohol motifs (C(OH)–C–C–N with tert-alkyl or cyclic N) is 1. The maximum absolute atomic E-state index is 14.0. The smallest absolute Gasteiger partial charge is 0.262 e. The van der Waals surface area contributed by atoms with Crippen LogP contribution in [-0.2, 0) is 15.1 Å². The van der Waals surface area contributed by atoms with E-state index in [0.29, 0.717) is 38.2 Å². The van der Waals surface area contributed by atoms with Gasteiger partial charge in [-0.05, 0) is 61.7 Å². The number of Topliss-reactive ketones (excluding diaryl/α,β-unsaturated/α-hetero) is 1. The van der Waals surface area contributed by atoms with E-state index in [0.717, 1.165) is 23.0 Å². The summed E-state index contributed by atoms with van der Waals surface area (Å²) >= 11 is 1.13. The van der Waals surface area contributed by atoms with Gasteiger partial charge in [0.25, 0.3) is 5.91 Å². The number of aliphatic hydroxyl groups excluding tert-OH is 1. The molecule has 2 heterocycles. The van der Waals surface area contributed by atoms with Crippen LogP contribution in [0.25, 0.3) is 10.1 Å². The molecule has 1 saturated heterocycles. The van der Waals surface area contributed by atoms with Crippen LogP contribution in [0.4, 0.5) is 5.69 Å². The molecule has 40 heavy (non-hydrogen) atoms. The van der Waals surface area contributed by atoms with Crippen LogP contribution in [0.3, 0.4) is 0 Å². The lowest BCUT2D eigenvalue weighted by molar-refractivity contribution is -0.125. The summed E-state index contributed by atoms with van der Waals surface area (Å²) < 4.78 is 6.41. The number of aliphatic hydroxyl groups is 1. The standard InChI is InChI=1S/C29H33N5O5S/c1-5-21(36)34-11-19(20(35)12-34)33-28(38)26-23-22-17(8-9-18(30)25(22)40-26)29(32,27(37)24(23)31)16-7-6-15(10-14(16)4)39-13(2)3/h5-10,13,19-20,24,35H,1,11-12,30-32H2,2-4H3,(H,33,38)/t19-,20+,24?,29?/m0/s1. The molecule has 10 nitrogen and oxygen atoms in total. The van der Waals surface area contributed by atoms with Gasteiger partial charge in [0.05, 0.1) is 33.9 Å². The van der Waals surface area contributed by atoms with Gasteiger partial charge in [-0.15, -0.1) is 11.3 Å². The summed E-state index contributed by atoms with van der Waals surface area (Å²) in [4.78, 5) is 41.2. The molecule has 0 radical (unpaired) electrons. The molecule has 210 valence electrons. The fraction of sp³-hybridized carbons (Fsp3) is 0.345. The van der Waals surface area contributed by atoms with E-state index in [9.17, 15) is 19.5 Å². The van der Waals surface area contributed by atoms with Crippen LogP contribution in [0, 0.1) is 6.92 Å². The number of hydrogen-bond donors (Lipinski definition) is 5. The second-order valence-corrected chi connectivity index (χ2v) is 11.7. The Morgan fingerprint density at radius 3 is 2.60 bits per heavy atom. The minimum Gasteiger partial charge on any atom is -0.491 e. The molecule has 3 aromatic rings. The molecule has 2 unspecified atom stereocenters. The van der Waals surface area contributed by atoms with Gasteiger partial charge in [0, 0.05) is 29.7 Å². The van der Waals surface area contributed by atoms with E-state index in [1.165, 1.54) is 4.90 Å². The van der Waals surface area contributed by atoms with E-state index in [-0.39, 0.29) is 30.0 Å². The van der Waals surface area contributed by atoms with E-state index in [1.54, 1.807) is 24.3 Å². The first kappa shape index (κ1) is 27.8. The number of aryl methyl sites for hydroxylation is 1. The van der Waals surface area contributed by atoms with Crippen LogP contribution < -0.4 is 27.3 Å². The largest absolute Gasteiger partial charge is 0.491 e. The number of carbonyl (C=O) groups is 3. The molecular weight excluding hydrogens is 530 g/mol. The third-order valence-electron chi connectivity index (χ3n) is 7.61. The number of amides is 2. The lowest BCUT2D eigenvalue weighted by atomic mass is 9.69. The van der Waals surface area contributed by atoms with Gasteiger partial charge in [0.1, 0.15) is 11.3 Å². The van der Waals surface area contributed by atoms with Crippen molar-refractivity contribution in [3.05, 3.63) is 70.1 Å². The van der Waals surface area contributed by atoms with Gasteiger partial charge in [-0.3, -0.25) is 14.4 Å². The molecule has 0 spiro atoms. The number of nitrogens with two attached hydrogens (primary N) is 3. The number of nitrogens with one attached hydrogen (secondary N) is 1. The van der Waals surface area contributed by atoms with Crippen LogP contribution in [0.15, 0.2) is 43.0 Å². The highest BCUT2D eigenvalue weighted by molar-refractivity contribution is 7.21. The van der Waals surface area contributed by atoms with E-state index >= 15 is 0 Å². The average molecular weight is 564 g/mol. The molecule has 4 atom stereocenters. The number of carbonyl (C=O) groups excluding carboxylic acids is 3. The Balaban J connectivity index is 1.59. The van der Waals surface area contributed by atoms with E-state index in [2.05, 4.69) is 11.9 Å². The normalized spacial score (nSPS) is 24.0. The third-order valence-corrected chi connectivity index (χ3v) is 8.86. The number of thiophene rings is 1. The van der Waals surface area contributed by atoms with Crippen molar-refractivity contribution in [2.75, 3.05) is 18.8 Å². The molecule has 1 fully saturated rings. The maximum atomic E-state index is 14.0. The Morgan fingerprint density at radius 1 is 1.25 bits per heavy atom. The van der Waals surface area contributed by atoms with Gasteiger partial charge >= 0.3 is 0 Å². The molecule has 2 aromatic carbocycles. The molecule has 2 amide bonds.